The van der Waals surface area contributed by atoms with Gasteiger partial charge in [0.1, 0.15) is 12.3 Å². The second-order valence-corrected chi connectivity index (χ2v) is 6.51. The van der Waals surface area contributed by atoms with Crippen molar-refractivity contribution in [2.24, 2.45) is 0 Å². The van der Waals surface area contributed by atoms with Gasteiger partial charge in [-0.25, -0.2) is 0 Å². The second-order valence-electron chi connectivity index (χ2n) is 6.51. The summed E-state index contributed by atoms with van der Waals surface area (Å²) >= 11 is 0. The van der Waals surface area contributed by atoms with Crippen molar-refractivity contribution in [2.75, 3.05) is 11.4 Å². The molecule has 0 spiro atoms. The fourth-order valence-electron chi connectivity index (χ4n) is 2.62. The van der Waals surface area contributed by atoms with Crippen molar-refractivity contribution in [1.82, 2.24) is 5.32 Å². The number of rotatable bonds is 7. The fraction of sp³-hybridized carbons (Fsp3) is 0.333. The quantitative estimate of drug-likeness (QED) is 0.828. The third-order valence-electron chi connectivity index (χ3n) is 3.77. The van der Waals surface area contributed by atoms with Gasteiger partial charge in [0.05, 0.1) is 11.8 Å². The molecule has 0 saturated heterocycles. The molecule has 5 heteroatoms. The average molecular weight is 354 g/mol. The zero-order chi connectivity index (χ0) is 19.1. The maximum atomic E-state index is 12.4. The van der Waals surface area contributed by atoms with Crippen molar-refractivity contribution in [3.63, 3.8) is 0 Å². The first-order valence-corrected chi connectivity index (χ1v) is 8.73. The summed E-state index contributed by atoms with van der Waals surface area (Å²) in [4.78, 5) is 25.9. The van der Waals surface area contributed by atoms with Gasteiger partial charge >= 0.3 is 0 Å². The van der Waals surface area contributed by atoms with Crippen LogP contribution >= 0.6 is 0 Å². The molecule has 0 aliphatic carbocycles. The Hall–Kier alpha value is -2.82. The van der Waals surface area contributed by atoms with Crippen molar-refractivity contribution in [3.05, 3.63) is 59.7 Å². The van der Waals surface area contributed by atoms with Crippen LogP contribution in [0, 0.1) is 6.92 Å². The highest BCUT2D eigenvalue weighted by Crippen LogP contribution is 2.29. The lowest BCUT2D eigenvalue weighted by Crippen LogP contribution is -2.39. The van der Waals surface area contributed by atoms with Gasteiger partial charge in [0.15, 0.2) is 0 Å². The minimum absolute atomic E-state index is 0.0277. The molecular weight excluding hydrogens is 328 g/mol. The molecule has 2 rings (SSSR count). The van der Waals surface area contributed by atoms with Crippen LogP contribution in [0.25, 0.3) is 0 Å². The molecule has 0 unspecified atom stereocenters. The van der Waals surface area contributed by atoms with Gasteiger partial charge in [0.25, 0.3) is 0 Å². The third kappa shape index (κ3) is 5.62. The molecule has 0 radical (unpaired) electrons. The van der Waals surface area contributed by atoms with Gasteiger partial charge in [-0.3, -0.25) is 14.5 Å². The highest BCUT2D eigenvalue weighted by molar-refractivity contribution is 5.98. The molecule has 2 aromatic rings. The topological polar surface area (TPSA) is 58.6 Å². The molecule has 0 aliphatic rings. The summed E-state index contributed by atoms with van der Waals surface area (Å²) in [5.41, 5.74) is 2.76. The third-order valence-corrected chi connectivity index (χ3v) is 3.77. The first-order chi connectivity index (χ1) is 12.4. The summed E-state index contributed by atoms with van der Waals surface area (Å²) in [5, 5.41) is 2.87. The van der Waals surface area contributed by atoms with Gasteiger partial charge in [-0.15, -0.1) is 0 Å². The molecule has 1 N–H and O–H groups in total. The molecule has 0 bridgehead atoms. The van der Waals surface area contributed by atoms with Gasteiger partial charge in [-0.2, -0.15) is 0 Å². The molecule has 0 heterocycles. The molecule has 26 heavy (non-hydrogen) atoms. The summed E-state index contributed by atoms with van der Waals surface area (Å²) in [7, 11) is 0. The Morgan fingerprint density at radius 2 is 1.85 bits per heavy atom. The van der Waals surface area contributed by atoms with Gasteiger partial charge in [0.2, 0.25) is 11.8 Å². The van der Waals surface area contributed by atoms with Gasteiger partial charge in [-0.1, -0.05) is 42.0 Å². The number of para-hydroxylation sites is 2. The monoisotopic (exact) mass is 354 g/mol. The lowest BCUT2D eigenvalue weighted by molar-refractivity contribution is -0.123. The maximum absolute atomic E-state index is 12.4. The van der Waals surface area contributed by atoms with Crippen LogP contribution in [0.5, 0.6) is 5.75 Å². The molecule has 2 aromatic carbocycles. The van der Waals surface area contributed by atoms with Crippen molar-refractivity contribution >= 4 is 17.5 Å². The molecule has 0 saturated carbocycles. The molecule has 0 atom stereocenters. The number of aryl methyl sites for hydroxylation is 1. The van der Waals surface area contributed by atoms with Crippen molar-refractivity contribution in [2.45, 2.75) is 40.3 Å². The molecule has 0 aromatic heterocycles. The SMILES string of the molecule is CC(=O)N(CC(=O)NCc1cccc(C)c1)c1ccccc1OC(C)C. The number of nitrogens with one attached hydrogen (secondary N) is 1. The summed E-state index contributed by atoms with van der Waals surface area (Å²) in [6.07, 6.45) is -0.0277. The number of anilines is 1. The number of hydrogen-bond donors (Lipinski definition) is 1. The van der Waals surface area contributed by atoms with E-state index in [0.717, 1.165) is 11.1 Å². The standard InChI is InChI=1S/C21H26N2O3/c1-15(2)26-20-11-6-5-10-19(20)23(17(4)24)14-21(25)22-13-18-9-7-8-16(3)12-18/h5-12,15H,13-14H2,1-4H3,(H,22,25). The summed E-state index contributed by atoms with van der Waals surface area (Å²) < 4.78 is 5.77. The lowest BCUT2D eigenvalue weighted by Gasteiger charge is -2.24. The second kappa shape index (κ2) is 9.04. The number of benzene rings is 2. The van der Waals surface area contributed by atoms with E-state index in [1.54, 1.807) is 12.1 Å². The molecule has 5 nitrogen and oxygen atoms in total. The Morgan fingerprint density at radius 1 is 1.12 bits per heavy atom. The number of nitrogens with zero attached hydrogens (tertiary/aromatic N) is 1. The van der Waals surface area contributed by atoms with E-state index >= 15 is 0 Å². The predicted octanol–water partition coefficient (Wildman–Crippen LogP) is 3.45. The maximum Gasteiger partial charge on any atom is 0.240 e. The smallest absolute Gasteiger partial charge is 0.240 e. The number of carbonyl (C=O) groups excluding carboxylic acids is 2. The number of amides is 2. The van der Waals surface area contributed by atoms with Crippen LogP contribution in [0.3, 0.4) is 0 Å². The minimum atomic E-state index is -0.221. The summed E-state index contributed by atoms with van der Waals surface area (Å²) in [6.45, 7) is 7.66. The zero-order valence-corrected chi connectivity index (χ0v) is 15.8. The number of ether oxygens (including phenoxy) is 1. The van der Waals surface area contributed by atoms with Gasteiger partial charge < -0.3 is 10.1 Å². The molecule has 0 fully saturated rings. The molecule has 2 amide bonds. The van der Waals surface area contributed by atoms with Crippen molar-refractivity contribution < 1.29 is 14.3 Å². The van der Waals surface area contributed by atoms with Crippen molar-refractivity contribution in [1.29, 1.82) is 0 Å². The van der Waals surface area contributed by atoms with Crippen molar-refractivity contribution in [3.8, 4) is 5.75 Å². The number of carbonyl (C=O) groups is 2. The average Bonchev–Trinajstić information content (AvgIpc) is 2.58. The molecule has 138 valence electrons. The van der Waals surface area contributed by atoms with E-state index in [4.69, 9.17) is 4.74 Å². The fourth-order valence-corrected chi connectivity index (χ4v) is 2.62. The summed E-state index contributed by atoms with van der Waals surface area (Å²) in [5.74, 6) is 0.153. The lowest BCUT2D eigenvalue weighted by atomic mass is 10.1. The minimum Gasteiger partial charge on any atom is -0.489 e. The van der Waals surface area contributed by atoms with E-state index in [9.17, 15) is 9.59 Å². The number of hydrogen-bond acceptors (Lipinski definition) is 3. The van der Waals surface area contributed by atoms with Crippen LogP contribution in [-0.2, 0) is 16.1 Å². The Bertz CT molecular complexity index is 771. The first kappa shape index (κ1) is 19.5. The Morgan fingerprint density at radius 3 is 2.50 bits per heavy atom. The largest absolute Gasteiger partial charge is 0.489 e. The van der Waals surface area contributed by atoms with Crippen LogP contribution in [0.2, 0.25) is 0 Å². The van der Waals surface area contributed by atoms with E-state index in [2.05, 4.69) is 5.32 Å². The van der Waals surface area contributed by atoms with E-state index < -0.39 is 0 Å². The molecule has 0 aliphatic heterocycles. The van der Waals surface area contributed by atoms with Gasteiger partial charge in [-0.05, 0) is 38.5 Å². The van der Waals surface area contributed by atoms with E-state index in [0.29, 0.717) is 18.0 Å². The van der Waals surface area contributed by atoms with Gasteiger partial charge in [0, 0.05) is 13.5 Å². The molecular formula is C21H26N2O3. The first-order valence-electron chi connectivity index (χ1n) is 8.73. The highest BCUT2D eigenvalue weighted by Gasteiger charge is 2.19. The van der Waals surface area contributed by atoms with Crippen LogP contribution in [0.1, 0.15) is 31.9 Å². The van der Waals surface area contributed by atoms with E-state index in [1.165, 1.54) is 11.8 Å². The Kier molecular flexibility index (Phi) is 6.78. The van der Waals surface area contributed by atoms with Crippen LogP contribution in [0.4, 0.5) is 5.69 Å². The summed E-state index contributed by atoms with van der Waals surface area (Å²) in [6, 6.07) is 15.2. The Labute approximate surface area is 155 Å². The highest BCUT2D eigenvalue weighted by atomic mass is 16.5. The normalized spacial score (nSPS) is 10.5. The van der Waals surface area contributed by atoms with Crippen LogP contribution < -0.4 is 15.0 Å². The Balaban J connectivity index is 2.08. The zero-order valence-electron chi connectivity index (χ0n) is 15.8. The predicted molar refractivity (Wildman–Crippen MR) is 103 cm³/mol. The van der Waals surface area contributed by atoms with E-state index in [-0.39, 0.29) is 24.5 Å². The van der Waals surface area contributed by atoms with Crippen LogP contribution in [-0.4, -0.2) is 24.5 Å². The van der Waals surface area contributed by atoms with Crippen LogP contribution in [0.15, 0.2) is 48.5 Å². The van der Waals surface area contributed by atoms with E-state index in [1.807, 2.05) is 57.2 Å².